The van der Waals surface area contributed by atoms with Crippen LogP contribution in [0.2, 0.25) is 0 Å². The topological polar surface area (TPSA) is 36.4 Å². The lowest BCUT2D eigenvalue weighted by Gasteiger charge is -2.44. The zero-order valence-corrected chi connectivity index (χ0v) is 20.0. The van der Waals surface area contributed by atoms with Crippen molar-refractivity contribution in [2.45, 2.75) is 38.5 Å². The van der Waals surface area contributed by atoms with Crippen LogP contribution in [0.4, 0.5) is 4.39 Å². The molecule has 4 nitrogen and oxygen atoms in total. The average molecular weight is 460 g/mol. The molecule has 3 heterocycles. The summed E-state index contributed by atoms with van der Waals surface area (Å²) in [6.07, 6.45) is 7.28. The smallest absolute Gasteiger partial charge is 0.229 e. The van der Waals surface area contributed by atoms with Crippen LogP contribution in [0, 0.1) is 17.2 Å². The standard InChI is InChI=1S/C29H34FN3O/c1-32-15-11-29(12-16-32,20-23-5-2-8-26(30)19-23)28(34)33-14-4-6-24(21-33)17-22-9-10-27-25(18-22)7-3-13-31-27/h2-3,5,7-10,13,18-19,24H,4,6,11-12,14-17,20-21H2,1H3/t24-/m1/s1. The lowest BCUT2D eigenvalue weighted by Crippen LogP contribution is -2.53. The molecule has 2 aliphatic heterocycles. The zero-order valence-electron chi connectivity index (χ0n) is 20.0. The summed E-state index contributed by atoms with van der Waals surface area (Å²) < 4.78 is 13.9. The first-order chi connectivity index (χ1) is 16.5. The van der Waals surface area contributed by atoms with E-state index < -0.39 is 5.41 Å². The Balaban J connectivity index is 1.32. The van der Waals surface area contributed by atoms with Crippen LogP contribution in [-0.2, 0) is 17.6 Å². The largest absolute Gasteiger partial charge is 0.342 e. The van der Waals surface area contributed by atoms with Crippen molar-refractivity contribution in [1.82, 2.24) is 14.8 Å². The maximum absolute atomic E-state index is 14.0. The molecule has 0 aliphatic carbocycles. The van der Waals surface area contributed by atoms with Crippen LogP contribution in [0.3, 0.4) is 0 Å². The molecule has 2 aliphatic rings. The van der Waals surface area contributed by atoms with E-state index in [0.717, 1.165) is 69.4 Å². The van der Waals surface area contributed by atoms with E-state index in [2.05, 4.69) is 46.1 Å². The van der Waals surface area contributed by atoms with Gasteiger partial charge in [-0.05, 0) is 106 Å². The molecule has 1 amide bonds. The third-order valence-electron chi connectivity index (χ3n) is 7.83. The number of piperidine rings is 2. The Labute approximate surface area is 201 Å². The molecule has 178 valence electrons. The van der Waals surface area contributed by atoms with E-state index in [1.165, 1.54) is 17.0 Å². The minimum Gasteiger partial charge on any atom is -0.342 e. The average Bonchev–Trinajstić information content (AvgIpc) is 2.85. The minimum atomic E-state index is -0.434. The van der Waals surface area contributed by atoms with Gasteiger partial charge < -0.3 is 9.80 Å². The molecule has 5 heteroatoms. The SMILES string of the molecule is CN1CCC(Cc2cccc(F)c2)(C(=O)N2CCC[C@H](Cc3ccc4ncccc4c3)C2)CC1. The fourth-order valence-electron chi connectivity index (χ4n) is 5.89. The Morgan fingerprint density at radius 2 is 1.91 bits per heavy atom. The summed E-state index contributed by atoms with van der Waals surface area (Å²) in [5.41, 5.74) is 2.83. The summed E-state index contributed by atoms with van der Waals surface area (Å²) in [6.45, 7) is 3.45. The summed E-state index contributed by atoms with van der Waals surface area (Å²) in [5, 5.41) is 1.17. The van der Waals surface area contributed by atoms with Crippen LogP contribution in [0.25, 0.3) is 10.9 Å². The monoisotopic (exact) mass is 459 g/mol. The molecule has 0 bridgehead atoms. The van der Waals surface area contributed by atoms with Gasteiger partial charge in [0.05, 0.1) is 10.9 Å². The van der Waals surface area contributed by atoms with E-state index in [-0.39, 0.29) is 11.7 Å². The van der Waals surface area contributed by atoms with Gasteiger partial charge in [-0.3, -0.25) is 9.78 Å². The second-order valence-electron chi connectivity index (χ2n) is 10.4. The van der Waals surface area contributed by atoms with Crippen LogP contribution in [0.5, 0.6) is 0 Å². The number of benzene rings is 2. The van der Waals surface area contributed by atoms with Gasteiger partial charge in [0.2, 0.25) is 5.91 Å². The van der Waals surface area contributed by atoms with Gasteiger partial charge in [-0.25, -0.2) is 4.39 Å². The lowest BCUT2D eigenvalue weighted by molar-refractivity contribution is -0.147. The molecule has 34 heavy (non-hydrogen) atoms. The molecule has 0 unspecified atom stereocenters. The third-order valence-corrected chi connectivity index (χ3v) is 7.83. The number of hydrogen-bond donors (Lipinski definition) is 0. The summed E-state index contributed by atoms with van der Waals surface area (Å²) in [4.78, 5) is 22.9. The number of carbonyl (C=O) groups excluding carboxylic acids is 1. The molecule has 0 spiro atoms. The molecular formula is C29H34FN3O. The molecule has 2 saturated heterocycles. The summed E-state index contributed by atoms with van der Waals surface area (Å²) in [7, 11) is 2.12. The van der Waals surface area contributed by atoms with Gasteiger partial charge in [0.25, 0.3) is 0 Å². The maximum atomic E-state index is 14.0. The van der Waals surface area contributed by atoms with E-state index in [0.29, 0.717) is 12.3 Å². The molecule has 0 N–H and O–H groups in total. The van der Waals surface area contributed by atoms with Gasteiger partial charge in [0.1, 0.15) is 5.82 Å². The molecule has 5 rings (SSSR count). The predicted molar refractivity (Wildman–Crippen MR) is 134 cm³/mol. The molecule has 1 atom stereocenters. The van der Waals surface area contributed by atoms with Gasteiger partial charge in [-0.2, -0.15) is 0 Å². The van der Waals surface area contributed by atoms with Crippen molar-refractivity contribution in [3.8, 4) is 0 Å². The molecule has 2 aromatic carbocycles. The number of hydrogen-bond acceptors (Lipinski definition) is 3. The first-order valence-corrected chi connectivity index (χ1v) is 12.6. The van der Waals surface area contributed by atoms with Gasteiger partial charge in [0, 0.05) is 24.7 Å². The minimum absolute atomic E-state index is 0.225. The van der Waals surface area contributed by atoms with Crippen molar-refractivity contribution in [3.63, 3.8) is 0 Å². The quantitative estimate of drug-likeness (QED) is 0.532. The number of likely N-dealkylation sites (tertiary alicyclic amines) is 2. The van der Waals surface area contributed by atoms with Crippen molar-refractivity contribution in [3.05, 3.63) is 77.7 Å². The highest BCUT2D eigenvalue weighted by Gasteiger charge is 2.44. The Morgan fingerprint density at radius 1 is 1.06 bits per heavy atom. The second kappa shape index (κ2) is 9.83. The van der Waals surface area contributed by atoms with Crippen LogP contribution in [-0.4, -0.2) is 53.9 Å². The first kappa shape index (κ1) is 23.0. The number of carbonyl (C=O) groups is 1. The van der Waals surface area contributed by atoms with Crippen molar-refractivity contribution in [2.24, 2.45) is 11.3 Å². The Hall–Kier alpha value is -2.79. The van der Waals surface area contributed by atoms with E-state index >= 15 is 0 Å². The second-order valence-corrected chi connectivity index (χ2v) is 10.4. The summed E-state index contributed by atoms with van der Waals surface area (Å²) >= 11 is 0. The predicted octanol–water partition coefficient (Wildman–Crippen LogP) is 5.11. The third kappa shape index (κ3) is 5.00. The Kier molecular flexibility index (Phi) is 6.64. The van der Waals surface area contributed by atoms with E-state index in [4.69, 9.17) is 0 Å². The van der Waals surface area contributed by atoms with Crippen molar-refractivity contribution in [2.75, 3.05) is 33.2 Å². The van der Waals surface area contributed by atoms with Crippen LogP contribution >= 0.6 is 0 Å². The van der Waals surface area contributed by atoms with E-state index in [1.807, 2.05) is 18.3 Å². The fourth-order valence-corrected chi connectivity index (χ4v) is 5.89. The Morgan fingerprint density at radius 3 is 2.74 bits per heavy atom. The molecule has 0 radical (unpaired) electrons. The normalized spacial score (nSPS) is 21.0. The molecule has 2 fully saturated rings. The number of amides is 1. The van der Waals surface area contributed by atoms with Gasteiger partial charge in [-0.1, -0.05) is 24.3 Å². The maximum Gasteiger partial charge on any atom is 0.229 e. The van der Waals surface area contributed by atoms with Crippen LogP contribution in [0.1, 0.15) is 36.8 Å². The first-order valence-electron chi connectivity index (χ1n) is 12.6. The zero-order chi connectivity index (χ0) is 23.5. The van der Waals surface area contributed by atoms with Gasteiger partial charge >= 0.3 is 0 Å². The Bertz CT molecular complexity index is 1150. The summed E-state index contributed by atoms with van der Waals surface area (Å²) in [6, 6.07) is 17.4. The molecule has 1 aromatic heterocycles. The highest BCUT2D eigenvalue weighted by atomic mass is 19.1. The lowest BCUT2D eigenvalue weighted by atomic mass is 9.72. The van der Waals surface area contributed by atoms with Crippen molar-refractivity contribution >= 4 is 16.8 Å². The van der Waals surface area contributed by atoms with Gasteiger partial charge in [-0.15, -0.1) is 0 Å². The van der Waals surface area contributed by atoms with E-state index in [1.54, 1.807) is 12.1 Å². The molecule has 0 saturated carbocycles. The highest BCUT2D eigenvalue weighted by molar-refractivity contribution is 5.83. The number of aromatic nitrogens is 1. The van der Waals surface area contributed by atoms with E-state index in [9.17, 15) is 9.18 Å². The van der Waals surface area contributed by atoms with Crippen molar-refractivity contribution < 1.29 is 9.18 Å². The number of halogens is 1. The van der Waals surface area contributed by atoms with Gasteiger partial charge in [0.15, 0.2) is 0 Å². The number of fused-ring (bicyclic) bond motifs is 1. The highest BCUT2D eigenvalue weighted by Crippen LogP contribution is 2.38. The van der Waals surface area contributed by atoms with Crippen LogP contribution in [0.15, 0.2) is 60.8 Å². The molecule has 3 aromatic rings. The molecular weight excluding hydrogens is 425 g/mol. The number of rotatable bonds is 5. The van der Waals surface area contributed by atoms with Crippen molar-refractivity contribution in [1.29, 1.82) is 0 Å². The fraction of sp³-hybridized carbons (Fsp3) is 0.448. The number of pyridine rings is 1. The van der Waals surface area contributed by atoms with Crippen LogP contribution < -0.4 is 0 Å². The number of nitrogens with zero attached hydrogens (tertiary/aromatic N) is 3. The summed E-state index contributed by atoms with van der Waals surface area (Å²) in [5.74, 6) is 0.512.